The Bertz CT molecular complexity index is 1430. The van der Waals surface area contributed by atoms with Gasteiger partial charge in [-0.15, -0.1) is 12.4 Å². The van der Waals surface area contributed by atoms with E-state index in [0.29, 0.717) is 17.0 Å². The molecule has 0 radical (unpaired) electrons. The number of hydrogen-bond acceptors (Lipinski definition) is 6. The van der Waals surface area contributed by atoms with Crippen molar-refractivity contribution in [2.75, 3.05) is 37.6 Å². The third kappa shape index (κ3) is 5.73. The molecule has 0 aliphatic carbocycles. The first-order valence-electron chi connectivity index (χ1n) is 12.1. The molecule has 2 saturated heterocycles. The van der Waals surface area contributed by atoms with Crippen molar-refractivity contribution in [1.29, 1.82) is 0 Å². The molecule has 9 nitrogen and oxygen atoms in total. The average Bonchev–Trinajstić information content (AvgIpc) is 2.90. The molecule has 1 amide bonds. The number of pyridine rings is 1. The summed E-state index contributed by atoms with van der Waals surface area (Å²) >= 11 is 6.02. The predicted octanol–water partition coefficient (Wildman–Crippen LogP) is 3.51. The summed E-state index contributed by atoms with van der Waals surface area (Å²) in [6, 6.07) is 12.4. The van der Waals surface area contributed by atoms with Gasteiger partial charge < -0.3 is 14.9 Å². The van der Waals surface area contributed by atoms with Crippen molar-refractivity contribution in [2.45, 2.75) is 23.8 Å². The Balaban J connectivity index is 0.00000336. The number of amides is 1. The summed E-state index contributed by atoms with van der Waals surface area (Å²) in [4.78, 5) is 32.9. The number of nitrogens with zero attached hydrogens (tertiary/aromatic N) is 4. The Labute approximate surface area is 232 Å². The Morgan fingerprint density at radius 2 is 1.68 bits per heavy atom. The lowest BCUT2D eigenvalue weighted by Crippen LogP contribution is -2.61. The lowest BCUT2D eigenvalue weighted by Gasteiger charge is -2.41. The van der Waals surface area contributed by atoms with Crippen LogP contribution in [0.15, 0.2) is 65.8 Å². The van der Waals surface area contributed by atoms with E-state index in [-0.39, 0.29) is 36.3 Å². The van der Waals surface area contributed by atoms with Crippen molar-refractivity contribution in [3.8, 4) is 0 Å². The van der Waals surface area contributed by atoms with Crippen LogP contribution in [0.25, 0.3) is 10.8 Å². The quantitative estimate of drug-likeness (QED) is 0.476. The standard InChI is InChI=1S/C26H27ClN4O5S.ClH/c27-21-3-1-20-14-23(4-2-19(20)13-21)37(35,36)30-16-24(26(33)34)31(25(32)17-30)15-18-7-11-29(12-8-18)22-5-9-28-10-6-22;/h1-6,9-10,13-14,18,24H,7-8,11-12,15-17H2,(H,33,34);1H/t24-;/m1./s1. The second-order valence-electron chi connectivity index (χ2n) is 9.49. The number of aliphatic carboxylic acids is 1. The van der Waals surface area contributed by atoms with Crippen molar-refractivity contribution >= 4 is 62.4 Å². The molecule has 5 rings (SSSR count). The van der Waals surface area contributed by atoms with Gasteiger partial charge in [0.05, 0.1) is 11.4 Å². The number of fused-ring (bicyclic) bond motifs is 1. The number of carbonyl (C=O) groups excluding carboxylic acids is 1. The zero-order chi connectivity index (χ0) is 26.2. The number of piperidine rings is 1. The zero-order valence-electron chi connectivity index (χ0n) is 20.4. The molecular weight excluding hydrogens is 551 g/mol. The number of halogens is 2. The second kappa shape index (κ2) is 11.4. The van der Waals surface area contributed by atoms with E-state index in [1.807, 2.05) is 12.1 Å². The number of carbonyl (C=O) groups is 2. The van der Waals surface area contributed by atoms with E-state index in [9.17, 15) is 23.1 Å². The molecule has 0 unspecified atom stereocenters. The Hall–Kier alpha value is -2.92. The highest BCUT2D eigenvalue weighted by Crippen LogP contribution is 2.28. The number of rotatable bonds is 6. The number of hydrogen-bond donors (Lipinski definition) is 1. The maximum absolute atomic E-state index is 13.4. The number of benzene rings is 2. The van der Waals surface area contributed by atoms with Crippen LogP contribution in [0.1, 0.15) is 12.8 Å². The molecule has 1 atom stereocenters. The summed E-state index contributed by atoms with van der Waals surface area (Å²) in [6.45, 7) is 1.20. The monoisotopic (exact) mass is 578 g/mol. The molecule has 3 aromatic rings. The van der Waals surface area contributed by atoms with Crippen LogP contribution in [0.5, 0.6) is 0 Å². The minimum absolute atomic E-state index is 0. The van der Waals surface area contributed by atoms with Crippen LogP contribution in [0.2, 0.25) is 5.02 Å². The normalized spacial score (nSPS) is 19.4. The third-order valence-corrected chi connectivity index (χ3v) is 9.22. The number of sulfonamides is 1. The molecule has 2 aliphatic rings. The van der Waals surface area contributed by atoms with E-state index in [2.05, 4.69) is 9.88 Å². The van der Waals surface area contributed by atoms with Crippen molar-refractivity contribution in [3.05, 3.63) is 65.9 Å². The van der Waals surface area contributed by atoms with Gasteiger partial charge in [0.2, 0.25) is 15.9 Å². The number of aromatic nitrogens is 1. The summed E-state index contributed by atoms with van der Waals surface area (Å²) < 4.78 is 27.8. The lowest BCUT2D eigenvalue weighted by atomic mass is 9.94. The highest BCUT2D eigenvalue weighted by atomic mass is 35.5. The first-order chi connectivity index (χ1) is 17.7. The SMILES string of the molecule is Cl.O=C(O)[C@H]1CN(S(=O)(=O)c2ccc3cc(Cl)ccc3c2)CC(=O)N1CC1CCN(c2ccncc2)CC1. The van der Waals surface area contributed by atoms with E-state index >= 15 is 0 Å². The zero-order valence-corrected chi connectivity index (χ0v) is 22.8. The van der Waals surface area contributed by atoms with Gasteiger partial charge in [0.1, 0.15) is 6.04 Å². The lowest BCUT2D eigenvalue weighted by molar-refractivity contribution is -0.154. The highest BCUT2D eigenvalue weighted by molar-refractivity contribution is 7.89. The van der Waals surface area contributed by atoms with Gasteiger partial charge in [0.15, 0.2) is 0 Å². The smallest absolute Gasteiger partial charge is 0.327 e. The fraction of sp³-hybridized carbons (Fsp3) is 0.346. The maximum Gasteiger partial charge on any atom is 0.327 e. The van der Waals surface area contributed by atoms with Crippen LogP contribution < -0.4 is 4.90 Å². The molecule has 12 heteroatoms. The van der Waals surface area contributed by atoms with Gasteiger partial charge in [0.25, 0.3) is 0 Å². The molecule has 1 N–H and O–H groups in total. The topological polar surface area (TPSA) is 111 Å². The molecule has 38 heavy (non-hydrogen) atoms. The number of anilines is 1. The molecule has 3 heterocycles. The first-order valence-corrected chi connectivity index (χ1v) is 13.9. The van der Waals surface area contributed by atoms with E-state index in [4.69, 9.17) is 11.6 Å². The van der Waals surface area contributed by atoms with Crippen LogP contribution in [-0.4, -0.2) is 78.4 Å². The minimum atomic E-state index is -4.08. The van der Waals surface area contributed by atoms with Gasteiger partial charge in [-0.25, -0.2) is 13.2 Å². The van der Waals surface area contributed by atoms with Crippen LogP contribution in [0, 0.1) is 5.92 Å². The van der Waals surface area contributed by atoms with Crippen LogP contribution >= 0.6 is 24.0 Å². The number of carboxylic acids is 1. The van der Waals surface area contributed by atoms with Crippen LogP contribution in [0.4, 0.5) is 5.69 Å². The largest absolute Gasteiger partial charge is 0.480 e. The van der Waals surface area contributed by atoms with Gasteiger partial charge in [-0.1, -0.05) is 23.7 Å². The second-order valence-corrected chi connectivity index (χ2v) is 11.9. The number of carboxylic acid groups (broad SMARTS) is 1. The van der Waals surface area contributed by atoms with Crippen molar-refractivity contribution in [2.24, 2.45) is 5.92 Å². The van der Waals surface area contributed by atoms with Gasteiger partial charge in [-0.3, -0.25) is 9.78 Å². The Morgan fingerprint density at radius 3 is 2.37 bits per heavy atom. The third-order valence-electron chi connectivity index (χ3n) is 7.18. The Kier molecular flexibility index (Phi) is 8.46. The minimum Gasteiger partial charge on any atom is -0.480 e. The van der Waals surface area contributed by atoms with Crippen LogP contribution in [0.3, 0.4) is 0 Å². The van der Waals surface area contributed by atoms with E-state index in [1.165, 1.54) is 17.0 Å². The molecule has 0 saturated carbocycles. The van der Waals surface area contributed by atoms with E-state index in [0.717, 1.165) is 41.3 Å². The van der Waals surface area contributed by atoms with Gasteiger partial charge >= 0.3 is 5.97 Å². The van der Waals surface area contributed by atoms with E-state index in [1.54, 1.807) is 36.7 Å². The average molecular weight is 580 g/mol. The molecule has 202 valence electrons. The summed E-state index contributed by atoms with van der Waals surface area (Å²) in [5.41, 5.74) is 1.09. The van der Waals surface area contributed by atoms with Gasteiger partial charge in [-0.05, 0) is 65.9 Å². The van der Waals surface area contributed by atoms with E-state index < -0.39 is 27.9 Å². The molecule has 1 aromatic heterocycles. The molecule has 0 spiro atoms. The predicted molar refractivity (Wildman–Crippen MR) is 147 cm³/mol. The van der Waals surface area contributed by atoms with Crippen molar-refractivity contribution in [1.82, 2.24) is 14.2 Å². The highest BCUT2D eigenvalue weighted by Gasteiger charge is 2.42. The first kappa shape index (κ1) is 28.1. The summed E-state index contributed by atoms with van der Waals surface area (Å²) in [5.74, 6) is -1.57. The number of piperazine rings is 1. The summed E-state index contributed by atoms with van der Waals surface area (Å²) in [7, 11) is -4.08. The summed E-state index contributed by atoms with van der Waals surface area (Å²) in [5, 5.41) is 11.9. The molecule has 2 aliphatic heterocycles. The molecule has 2 aromatic carbocycles. The fourth-order valence-corrected chi connectivity index (χ4v) is 6.72. The van der Waals surface area contributed by atoms with Crippen LogP contribution in [-0.2, 0) is 19.6 Å². The fourth-order valence-electron chi connectivity index (χ4n) is 5.11. The summed E-state index contributed by atoms with van der Waals surface area (Å²) in [6.07, 6.45) is 5.11. The maximum atomic E-state index is 13.4. The molecular formula is C26H28Cl2N4O5S. The van der Waals surface area contributed by atoms with Gasteiger partial charge in [-0.2, -0.15) is 4.31 Å². The van der Waals surface area contributed by atoms with Crippen molar-refractivity contribution in [3.63, 3.8) is 0 Å². The molecule has 2 fully saturated rings. The van der Waals surface area contributed by atoms with Crippen molar-refractivity contribution < 1.29 is 23.1 Å². The Morgan fingerprint density at radius 1 is 1.03 bits per heavy atom. The molecule has 0 bridgehead atoms. The van der Waals surface area contributed by atoms with Gasteiger partial charge in [0, 0.05) is 49.3 Å².